The van der Waals surface area contributed by atoms with Crippen molar-refractivity contribution in [1.82, 2.24) is 4.98 Å². The molecule has 2 heterocycles. The predicted octanol–water partition coefficient (Wildman–Crippen LogP) is 2.90. The van der Waals surface area contributed by atoms with Crippen LogP contribution in [0, 0.1) is 6.92 Å². The van der Waals surface area contributed by atoms with Gasteiger partial charge in [0.15, 0.2) is 5.89 Å². The maximum atomic E-state index is 11.6. The highest BCUT2D eigenvalue weighted by atomic mass is 32.1. The van der Waals surface area contributed by atoms with Crippen molar-refractivity contribution in [2.24, 2.45) is 0 Å². The van der Waals surface area contributed by atoms with Crippen LogP contribution in [0.2, 0.25) is 0 Å². The maximum absolute atomic E-state index is 11.6. The summed E-state index contributed by atoms with van der Waals surface area (Å²) in [4.78, 5) is 16.0. The van der Waals surface area contributed by atoms with Gasteiger partial charge in [-0.05, 0) is 24.3 Å². The second-order valence-corrected chi connectivity index (χ2v) is 4.47. The number of aryl methyl sites for hydroxylation is 2. The van der Waals surface area contributed by atoms with Crippen molar-refractivity contribution in [3.63, 3.8) is 0 Å². The first kappa shape index (κ1) is 10.4. The number of unbranched alkanes of at least 4 members (excludes halogenated alkanes) is 1. The van der Waals surface area contributed by atoms with Crippen molar-refractivity contribution < 1.29 is 4.42 Å². The molecule has 3 nitrogen and oxygen atoms in total. The van der Waals surface area contributed by atoms with Crippen molar-refractivity contribution in [2.45, 2.75) is 33.1 Å². The Hall–Kier alpha value is -1.16. The Morgan fingerprint density at radius 2 is 2.33 bits per heavy atom. The fourth-order valence-electron chi connectivity index (χ4n) is 1.46. The molecule has 0 N–H and O–H groups in total. The van der Waals surface area contributed by atoms with Crippen molar-refractivity contribution in [3.8, 4) is 0 Å². The Kier molecular flexibility index (Phi) is 2.86. The Morgan fingerprint density at radius 1 is 1.53 bits per heavy atom. The molecule has 0 amide bonds. The summed E-state index contributed by atoms with van der Waals surface area (Å²) in [5, 5.41) is 1.94. The van der Waals surface area contributed by atoms with Crippen LogP contribution in [0.4, 0.5) is 0 Å². The van der Waals surface area contributed by atoms with Crippen LogP contribution < -0.4 is 5.63 Å². The van der Waals surface area contributed by atoms with Gasteiger partial charge in [-0.2, -0.15) is 0 Å². The molecular weight excluding hydrogens is 210 g/mol. The highest BCUT2D eigenvalue weighted by molar-refractivity contribution is 7.17. The zero-order chi connectivity index (χ0) is 10.8. The molecule has 2 aromatic rings. The van der Waals surface area contributed by atoms with Crippen molar-refractivity contribution in [3.05, 3.63) is 27.3 Å². The molecule has 80 valence electrons. The lowest BCUT2D eigenvalue weighted by atomic mass is 10.2. The van der Waals surface area contributed by atoms with Crippen LogP contribution in [0.1, 0.15) is 31.2 Å². The fraction of sp³-hybridized carbons (Fsp3) is 0.455. The Labute approximate surface area is 91.8 Å². The maximum Gasteiger partial charge on any atom is 0.357 e. The summed E-state index contributed by atoms with van der Waals surface area (Å²) in [5.41, 5.74) is 1.62. The van der Waals surface area contributed by atoms with Gasteiger partial charge in [0.25, 0.3) is 0 Å². The number of nitrogens with zero attached hydrogens (tertiary/aromatic N) is 1. The van der Waals surface area contributed by atoms with Crippen molar-refractivity contribution in [1.29, 1.82) is 0 Å². The van der Waals surface area contributed by atoms with Crippen molar-refractivity contribution >= 4 is 21.6 Å². The summed E-state index contributed by atoms with van der Waals surface area (Å²) in [6.45, 7) is 4.07. The van der Waals surface area contributed by atoms with Gasteiger partial charge in [-0.25, -0.2) is 9.78 Å². The average molecular weight is 223 g/mol. The van der Waals surface area contributed by atoms with E-state index in [0.717, 1.165) is 30.3 Å². The lowest BCUT2D eigenvalue weighted by molar-refractivity contribution is 0.438. The van der Waals surface area contributed by atoms with E-state index in [-0.39, 0.29) is 5.63 Å². The van der Waals surface area contributed by atoms with Gasteiger partial charge in [-0.15, -0.1) is 11.3 Å². The smallest absolute Gasteiger partial charge is 0.357 e. The number of hydrogen-bond acceptors (Lipinski definition) is 4. The summed E-state index contributed by atoms with van der Waals surface area (Å²) in [7, 11) is 0. The molecule has 0 aliphatic rings. The Balaban J connectivity index is 2.50. The predicted molar refractivity (Wildman–Crippen MR) is 61.5 cm³/mol. The summed E-state index contributed by atoms with van der Waals surface area (Å²) < 4.78 is 5.78. The molecule has 2 rings (SSSR count). The monoisotopic (exact) mass is 223 g/mol. The van der Waals surface area contributed by atoms with Gasteiger partial charge in [0.2, 0.25) is 0 Å². The van der Waals surface area contributed by atoms with E-state index in [4.69, 9.17) is 4.42 Å². The largest absolute Gasteiger partial charge is 0.407 e. The molecule has 0 saturated carbocycles. The zero-order valence-electron chi connectivity index (χ0n) is 8.87. The van der Waals surface area contributed by atoms with Crippen LogP contribution in [0.5, 0.6) is 0 Å². The second kappa shape index (κ2) is 4.14. The minimum absolute atomic E-state index is 0.246. The Bertz CT molecular complexity index is 527. The van der Waals surface area contributed by atoms with E-state index in [9.17, 15) is 4.79 Å². The number of rotatable bonds is 3. The van der Waals surface area contributed by atoms with E-state index >= 15 is 0 Å². The van der Waals surface area contributed by atoms with Crippen molar-refractivity contribution in [2.75, 3.05) is 0 Å². The topological polar surface area (TPSA) is 43.1 Å². The summed E-state index contributed by atoms with van der Waals surface area (Å²) in [5.74, 6) is 0.566. The highest BCUT2D eigenvalue weighted by Crippen LogP contribution is 2.20. The molecule has 0 aliphatic carbocycles. The lowest BCUT2D eigenvalue weighted by Crippen LogP contribution is -2.03. The molecule has 0 bridgehead atoms. The number of fused-ring (bicyclic) bond motifs is 1. The second-order valence-electron chi connectivity index (χ2n) is 3.60. The molecule has 2 aromatic heterocycles. The van der Waals surface area contributed by atoms with Crippen LogP contribution in [-0.4, -0.2) is 4.98 Å². The van der Waals surface area contributed by atoms with E-state index in [1.165, 1.54) is 11.3 Å². The molecule has 0 unspecified atom stereocenters. The molecule has 0 aliphatic heterocycles. The summed E-state index contributed by atoms with van der Waals surface area (Å²) >= 11 is 1.40. The molecule has 0 fully saturated rings. The SMILES string of the molecule is CCCCc1nc2c(C)csc2c(=O)o1. The van der Waals surface area contributed by atoms with E-state index in [2.05, 4.69) is 11.9 Å². The van der Waals surface area contributed by atoms with Crippen LogP contribution in [0.3, 0.4) is 0 Å². The first-order valence-electron chi connectivity index (χ1n) is 5.10. The van der Waals surface area contributed by atoms with E-state index in [1.807, 2.05) is 12.3 Å². The van der Waals surface area contributed by atoms with Gasteiger partial charge in [0.05, 0.1) is 5.52 Å². The van der Waals surface area contributed by atoms with Crippen LogP contribution in [0.15, 0.2) is 14.6 Å². The molecule has 0 radical (unpaired) electrons. The standard InChI is InChI=1S/C11H13NO2S/c1-3-4-5-8-12-9-7(2)6-15-10(9)11(13)14-8/h6H,3-5H2,1-2H3. The van der Waals surface area contributed by atoms with Crippen LogP contribution in [-0.2, 0) is 6.42 Å². The number of hydrogen-bond donors (Lipinski definition) is 0. The minimum atomic E-state index is -0.246. The first-order chi connectivity index (χ1) is 7.22. The first-order valence-corrected chi connectivity index (χ1v) is 5.98. The van der Waals surface area contributed by atoms with E-state index in [0.29, 0.717) is 10.6 Å². The van der Waals surface area contributed by atoms with Crippen LogP contribution >= 0.6 is 11.3 Å². The summed E-state index contributed by atoms with van der Waals surface area (Å²) in [6, 6.07) is 0. The normalized spacial score (nSPS) is 11.1. The van der Waals surface area contributed by atoms with Gasteiger partial charge < -0.3 is 4.42 Å². The minimum Gasteiger partial charge on any atom is -0.407 e. The molecule has 0 aromatic carbocycles. The molecule has 0 spiro atoms. The third-order valence-corrected chi connectivity index (χ3v) is 3.39. The number of thiophene rings is 1. The third-order valence-electron chi connectivity index (χ3n) is 2.32. The molecule has 0 saturated heterocycles. The fourth-order valence-corrected chi connectivity index (χ4v) is 2.32. The molecule has 15 heavy (non-hydrogen) atoms. The van der Waals surface area contributed by atoms with E-state index < -0.39 is 0 Å². The van der Waals surface area contributed by atoms with Crippen LogP contribution in [0.25, 0.3) is 10.2 Å². The highest BCUT2D eigenvalue weighted by Gasteiger charge is 2.09. The third kappa shape index (κ3) is 1.95. The lowest BCUT2D eigenvalue weighted by Gasteiger charge is -1.97. The van der Waals surface area contributed by atoms with Gasteiger partial charge in [-0.1, -0.05) is 13.3 Å². The summed E-state index contributed by atoms with van der Waals surface area (Å²) in [6.07, 6.45) is 2.83. The Morgan fingerprint density at radius 3 is 3.07 bits per heavy atom. The number of aromatic nitrogens is 1. The van der Waals surface area contributed by atoms with Gasteiger partial charge in [0.1, 0.15) is 4.70 Å². The average Bonchev–Trinajstić information content (AvgIpc) is 2.58. The molecule has 4 heteroatoms. The van der Waals surface area contributed by atoms with Gasteiger partial charge >= 0.3 is 5.63 Å². The zero-order valence-corrected chi connectivity index (χ0v) is 9.69. The van der Waals surface area contributed by atoms with Gasteiger partial charge in [-0.3, -0.25) is 0 Å². The van der Waals surface area contributed by atoms with Gasteiger partial charge in [0, 0.05) is 6.42 Å². The van der Waals surface area contributed by atoms with E-state index in [1.54, 1.807) is 0 Å². The molecule has 0 atom stereocenters. The quantitative estimate of drug-likeness (QED) is 0.803. The molecular formula is C11H13NO2S.